The van der Waals surface area contributed by atoms with Crippen LogP contribution in [0, 0.1) is 0 Å². The molecule has 0 radical (unpaired) electrons. The fraction of sp³-hybridized carbons (Fsp3) is 0. The molecule has 2 nitrogen and oxygen atoms in total. The van der Waals surface area contributed by atoms with Crippen LogP contribution in [0.2, 0.25) is 0 Å². The molecule has 11 rings (SSSR count). The number of nitrogens with zero attached hydrogens (tertiary/aromatic N) is 2. The fourth-order valence-electron chi connectivity index (χ4n) is 8.50. The van der Waals surface area contributed by atoms with Gasteiger partial charge in [-0.15, -0.1) is 11.3 Å². The van der Waals surface area contributed by atoms with E-state index in [1.807, 2.05) is 36.1 Å². The zero-order valence-electron chi connectivity index (χ0n) is 27.5. The molecule has 0 fully saturated rings. The molecule has 10 aromatic rings. The van der Waals surface area contributed by atoms with Crippen LogP contribution in [0.15, 0.2) is 170 Å². The molecule has 0 unspecified atom stereocenters. The molecule has 7 aromatic carbocycles. The summed E-state index contributed by atoms with van der Waals surface area (Å²) in [4.78, 5) is 10.1. The average molecular weight is 665 g/mol. The molecule has 1 aliphatic rings. The smallest absolute Gasteiger partial charge is 0.0434 e. The van der Waals surface area contributed by atoms with Crippen molar-refractivity contribution in [3.8, 4) is 66.1 Å². The Morgan fingerprint density at radius 2 is 0.922 bits per heavy atom. The first kappa shape index (κ1) is 28.4. The molecule has 0 bridgehead atoms. The van der Waals surface area contributed by atoms with Crippen LogP contribution in [0.25, 0.3) is 108 Å². The molecule has 0 atom stereocenters. The summed E-state index contributed by atoms with van der Waals surface area (Å²) in [5.74, 6) is 0. The molecule has 3 heterocycles. The summed E-state index contributed by atoms with van der Waals surface area (Å²) in [6, 6.07) is 53.5. The Morgan fingerprint density at radius 3 is 1.61 bits per heavy atom. The lowest BCUT2D eigenvalue weighted by molar-refractivity contribution is 1.33. The molecule has 0 saturated carbocycles. The summed E-state index contributed by atoms with van der Waals surface area (Å²) in [7, 11) is 0. The maximum absolute atomic E-state index is 4.39. The first-order chi connectivity index (χ1) is 25.3. The van der Waals surface area contributed by atoms with Crippen molar-refractivity contribution in [1.82, 2.24) is 9.97 Å². The van der Waals surface area contributed by atoms with Gasteiger partial charge in [0.25, 0.3) is 0 Å². The van der Waals surface area contributed by atoms with Gasteiger partial charge in [-0.1, -0.05) is 109 Å². The topological polar surface area (TPSA) is 25.8 Å². The summed E-state index contributed by atoms with van der Waals surface area (Å²) in [6.45, 7) is 0. The third kappa shape index (κ3) is 4.16. The highest BCUT2D eigenvalue weighted by Crippen LogP contribution is 2.59. The third-order valence-corrected chi connectivity index (χ3v) is 11.8. The van der Waals surface area contributed by atoms with Crippen LogP contribution in [-0.2, 0) is 0 Å². The SMILES string of the molecule is c1ccc(-c2cc3c(s2)c(-c2ccc4c5c(cccc25)-c2c-4c(-c4ccncc4)c4ccccc4c2-c2ccncc2)cc2ccccc23)cc1. The summed E-state index contributed by atoms with van der Waals surface area (Å²) >= 11 is 1.90. The molecular weight excluding hydrogens is 637 g/mol. The fourth-order valence-corrected chi connectivity index (χ4v) is 9.71. The summed E-state index contributed by atoms with van der Waals surface area (Å²) in [5.41, 5.74) is 13.8. The number of thiophene rings is 1. The summed E-state index contributed by atoms with van der Waals surface area (Å²) < 4.78 is 1.32. The predicted molar refractivity (Wildman–Crippen MR) is 216 cm³/mol. The van der Waals surface area contributed by atoms with E-state index in [-0.39, 0.29) is 0 Å². The first-order valence-electron chi connectivity index (χ1n) is 17.3. The predicted octanol–water partition coefficient (Wildman–Crippen LogP) is 13.5. The second-order valence-electron chi connectivity index (χ2n) is 13.3. The van der Waals surface area contributed by atoms with E-state index in [2.05, 4.69) is 156 Å². The van der Waals surface area contributed by atoms with Crippen LogP contribution in [-0.4, -0.2) is 9.97 Å². The highest BCUT2D eigenvalue weighted by atomic mass is 32.1. The minimum absolute atomic E-state index is 1.17. The van der Waals surface area contributed by atoms with Crippen molar-refractivity contribution < 1.29 is 0 Å². The monoisotopic (exact) mass is 664 g/mol. The molecule has 3 heteroatoms. The molecule has 1 aliphatic carbocycles. The van der Waals surface area contributed by atoms with Gasteiger partial charge in [0.2, 0.25) is 0 Å². The van der Waals surface area contributed by atoms with Crippen LogP contribution in [0.5, 0.6) is 0 Å². The second-order valence-corrected chi connectivity index (χ2v) is 14.3. The highest BCUT2D eigenvalue weighted by Gasteiger charge is 2.31. The summed E-state index contributed by atoms with van der Waals surface area (Å²) in [6.07, 6.45) is 7.63. The van der Waals surface area contributed by atoms with Crippen LogP contribution in [0.1, 0.15) is 0 Å². The Kier molecular flexibility index (Phi) is 6.16. The van der Waals surface area contributed by atoms with E-state index in [9.17, 15) is 0 Å². The van der Waals surface area contributed by atoms with Crippen LogP contribution in [0.3, 0.4) is 0 Å². The molecule has 0 N–H and O–H groups in total. The first-order valence-corrected chi connectivity index (χ1v) is 18.1. The molecule has 0 saturated heterocycles. The molecular formula is C48H28N2S. The number of hydrogen-bond donors (Lipinski definition) is 0. The average Bonchev–Trinajstić information content (AvgIpc) is 3.80. The Labute approximate surface area is 299 Å². The molecule has 0 spiro atoms. The van der Waals surface area contributed by atoms with Crippen molar-refractivity contribution in [3.63, 3.8) is 0 Å². The standard InChI is InChI=1S/C48H28N2S/c1-2-9-29(10-3-1)42-28-41-33-12-5-4-11-32(33)27-40(48(41)51-42)34-17-18-39-45-35(34)15-8-16-38(45)46-43(30-19-23-49-24-20-30)36-13-6-7-14-37(36)44(47(39)46)31-21-25-50-26-22-31/h1-28H. The van der Waals surface area contributed by atoms with E-state index < -0.39 is 0 Å². The number of aromatic nitrogens is 2. The third-order valence-electron chi connectivity index (χ3n) is 10.6. The normalized spacial score (nSPS) is 11.9. The minimum atomic E-state index is 1.17. The maximum Gasteiger partial charge on any atom is 0.0434 e. The van der Waals surface area contributed by atoms with Gasteiger partial charge < -0.3 is 0 Å². The molecule has 236 valence electrons. The Hall–Kier alpha value is -6.42. The number of fused-ring (bicyclic) bond motifs is 7. The van der Waals surface area contributed by atoms with Crippen LogP contribution >= 0.6 is 11.3 Å². The number of pyridine rings is 2. The van der Waals surface area contributed by atoms with Gasteiger partial charge in [-0.2, -0.15) is 0 Å². The second kappa shape index (κ2) is 11.0. The number of hydrogen-bond acceptors (Lipinski definition) is 3. The number of benzene rings is 7. The molecule has 3 aromatic heterocycles. The van der Waals surface area contributed by atoms with Crippen molar-refractivity contribution in [3.05, 3.63) is 170 Å². The molecule has 0 aliphatic heterocycles. The Balaban J connectivity index is 1.26. The largest absolute Gasteiger partial charge is 0.265 e. The van der Waals surface area contributed by atoms with Gasteiger partial charge in [-0.3, -0.25) is 9.97 Å². The van der Waals surface area contributed by atoms with Gasteiger partial charge in [0.15, 0.2) is 0 Å². The zero-order valence-corrected chi connectivity index (χ0v) is 28.3. The van der Waals surface area contributed by atoms with Crippen LogP contribution < -0.4 is 0 Å². The minimum Gasteiger partial charge on any atom is -0.265 e. The zero-order chi connectivity index (χ0) is 33.5. The lowest BCUT2D eigenvalue weighted by atomic mass is 9.83. The van der Waals surface area contributed by atoms with Gasteiger partial charge in [-0.05, 0) is 124 Å². The van der Waals surface area contributed by atoms with Crippen LogP contribution in [0.4, 0.5) is 0 Å². The van der Waals surface area contributed by atoms with Gasteiger partial charge in [0.05, 0.1) is 0 Å². The maximum atomic E-state index is 4.39. The van der Waals surface area contributed by atoms with E-state index in [1.165, 1.54) is 108 Å². The highest BCUT2D eigenvalue weighted by molar-refractivity contribution is 7.23. The van der Waals surface area contributed by atoms with Crippen molar-refractivity contribution in [1.29, 1.82) is 0 Å². The van der Waals surface area contributed by atoms with E-state index in [0.29, 0.717) is 0 Å². The van der Waals surface area contributed by atoms with Crippen molar-refractivity contribution in [2.45, 2.75) is 0 Å². The van der Waals surface area contributed by atoms with E-state index in [4.69, 9.17) is 0 Å². The molecule has 0 amide bonds. The lowest BCUT2D eigenvalue weighted by Crippen LogP contribution is -1.93. The quantitative estimate of drug-likeness (QED) is 0.187. The summed E-state index contributed by atoms with van der Waals surface area (Å²) in [5, 5.41) is 8.93. The van der Waals surface area contributed by atoms with E-state index in [1.54, 1.807) is 0 Å². The van der Waals surface area contributed by atoms with Gasteiger partial charge in [0, 0.05) is 45.3 Å². The number of rotatable bonds is 4. The van der Waals surface area contributed by atoms with Crippen molar-refractivity contribution in [2.75, 3.05) is 0 Å². The van der Waals surface area contributed by atoms with Gasteiger partial charge in [-0.25, -0.2) is 0 Å². The van der Waals surface area contributed by atoms with E-state index >= 15 is 0 Å². The van der Waals surface area contributed by atoms with Gasteiger partial charge in [0.1, 0.15) is 0 Å². The Bertz CT molecular complexity index is 2910. The van der Waals surface area contributed by atoms with Crippen molar-refractivity contribution in [2.24, 2.45) is 0 Å². The van der Waals surface area contributed by atoms with Gasteiger partial charge >= 0.3 is 0 Å². The van der Waals surface area contributed by atoms with E-state index in [0.717, 1.165) is 0 Å². The lowest BCUT2D eigenvalue weighted by Gasteiger charge is -2.20. The van der Waals surface area contributed by atoms with Crippen molar-refractivity contribution >= 4 is 53.7 Å². The Morgan fingerprint density at radius 1 is 0.353 bits per heavy atom. The molecule has 51 heavy (non-hydrogen) atoms.